The van der Waals surface area contributed by atoms with E-state index in [4.69, 9.17) is 17.3 Å². The highest BCUT2D eigenvalue weighted by Crippen LogP contribution is 2.23. The first kappa shape index (κ1) is 18.9. The molecule has 2 aromatic carbocycles. The van der Waals surface area contributed by atoms with Gasteiger partial charge in [0.05, 0.1) is 22.3 Å². The number of amides is 3. The van der Waals surface area contributed by atoms with E-state index in [9.17, 15) is 14.4 Å². The van der Waals surface area contributed by atoms with Crippen LogP contribution in [0.5, 0.6) is 0 Å². The molecule has 9 heteroatoms. The average molecular weight is 403 g/mol. The van der Waals surface area contributed by atoms with Crippen molar-refractivity contribution in [3.05, 3.63) is 63.4 Å². The van der Waals surface area contributed by atoms with E-state index in [1.165, 1.54) is 4.57 Å². The van der Waals surface area contributed by atoms with Gasteiger partial charge in [0, 0.05) is 5.02 Å². The van der Waals surface area contributed by atoms with E-state index in [1.807, 2.05) is 30.4 Å². The number of fused-ring (bicyclic) bond motifs is 1. The summed E-state index contributed by atoms with van der Waals surface area (Å²) in [5.74, 6) is -0.712. The van der Waals surface area contributed by atoms with Gasteiger partial charge in [-0.1, -0.05) is 35.5 Å². The van der Waals surface area contributed by atoms with E-state index < -0.39 is 11.9 Å². The monoisotopic (exact) mass is 402 g/mol. The molecule has 27 heavy (non-hydrogen) atoms. The number of urea groups is 1. The van der Waals surface area contributed by atoms with E-state index in [0.717, 1.165) is 17.3 Å². The highest BCUT2D eigenvalue weighted by atomic mass is 35.5. The topological polar surface area (TPSA) is 107 Å². The van der Waals surface area contributed by atoms with Gasteiger partial charge in [0.1, 0.15) is 0 Å². The van der Waals surface area contributed by atoms with E-state index in [-0.39, 0.29) is 11.3 Å². The molecule has 3 amide bonds. The molecule has 0 atom stereocenters. The minimum absolute atomic E-state index is 0.132. The van der Waals surface area contributed by atoms with Crippen molar-refractivity contribution in [3.8, 4) is 5.69 Å². The summed E-state index contributed by atoms with van der Waals surface area (Å²) < 4.78 is 1.44. The molecule has 0 saturated heterocycles. The number of aryl methyl sites for hydroxylation is 1. The SMILES string of the molecule is Cc1cccc(-n2c(SCC(=O)NC(N)=O)nc3cc(Cl)ccc3c2=O)c1. The number of primary amides is 1. The van der Waals surface area contributed by atoms with Gasteiger partial charge >= 0.3 is 6.03 Å². The lowest BCUT2D eigenvalue weighted by molar-refractivity contribution is -0.117. The summed E-state index contributed by atoms with van der Waals surface area (Å²) in [6, 6.07) is 11.3. The first-order valence-corrected chi connectivity index (χ1v) is 9.23. The average Bonchev–Trinajstić information content (AvgIpc) is 2.59. The first-order valence-electron chi connectivity index (χ1n) is 7.86. The second-order valence-corrected chi connectivity index (χ2v) is 7.12. The molecule has 7 nitrogen and oxygen atoms in total. The van der Waals surface area contributed by atoms with Crippen molar-refractivity contribution in [2.45, 2.75) is 12.1 Å². The van der Waals surface area contributed by atoms with E-state index in [0.29, 0.717) is 26.8 Å². The number of nitrogens with two attached hydrogens (primary N) is 1. The molecular weight excluding hydrogens is 388 g/mol. The van der Waals surface area contributed by atoms with Crippen molar-refractivity contribution in [2.24, 2.45) is 5.73 Å². The molecule has 0 spiro atoms. The smallest absolute Gasteiger partial charge is 0.318 e. The van der Waals surface area contributed by atoms with Crippen LogP contribution in [0.3, 0.4) is 0 Å². The number of hydrogen-bond donors (Lipinski definition) is 2. The Morgan fingerprint density at radius 2 is 2.04 bits per heavy atom. The lowest BCUT2D eigenvalue weighted by atomic mass is 10.2. The number of halogens is 1. The normalized spacial score (nSPS) is 10.7. The van der Waals surface area contributed by atoms with Gasteiger partial charge in [-0.25, -0.2) is 9.78 Å². The van der Waals surface area contributed by atoms with E-state index in [2.05, 4.69) is 4.98 Å². The van der Waals surface area contributed by atoms with Gasteiger partial charge in [0.15, 0.2) is 5.16 Å². The Kier molecular flexibility index (Phi) is 5.48. The van der Waals surface area contributed by atoms with Crippen LogP contribution < -0.4 is 16.6 Å². The molecule has 0 bridgehead atoms. The predicted octanol–water partition coefficient (Wildman–Crippen LogP) is 2.63. The quantitative estimate of drug-likeness (QED) is 0.515. The zero-order chi connectivity index (χ0) is 19.6. The number of carbonyl (C=O) groups excluding carboxylic acids is 2. The highest BCUT2D eigenvalue weighted by molar-refractivity contribution is 7.99. The van der Waals surface area contributed by atoms with Crippen molar-refractivity contribution in [1.29, 1.82) is 0 Å². The molecular formula is C18H15ClN4O3S. The molecule has 0 aliphatic rings. The molecule has 0 fully saturated rings. The van der Waals surface area contributed by atoms with Crippen molar-refractivity contribution >= 4 is 46.2 Å². The molecule has 0 aliphatic heterocycles. The second kappa shape index (κ2) is 7.81. The van der Waals surface area contributed by atoms with E-state index in [1.54, 1.807) is 24.3 Å². The molecule has 0 saturated carbocycles. The maximum absolute atomic E-state index is 13.1. The third kappa shape index (κ3) is 4.29. The fourth-order valence-corrected chi connectivity index (χ4v) is 3.51. The van der Waals surface area contributed by atoms with Crippen LogP contribution in [0, 0.1) is 6.92 Å². The summed E-state index contributed by atoms with van der Waals surface area (Å²) in [4.78, 5) is 40.2. The number of imide groups is 1. The Bertz CT molecular complexity index is 1110. The maximum Gasteiger partial charge on any atom is 0.318 e. The summed E-state index contributed by atoms with van der Waals surface area (Å²) >= 11 is 7.04. The number of nitrogens with one attached hydrogen (secondary N) is 1. The number of nitrogens with zero attached hydrogens (tertiary/aromatic N) is 2. The third-order valence-electron chi connectivity index (χ3n) is 3.66. The maximum atomic E-state index is 13.1. The van der Waals surface area contributed by atoms with Crippen LogP contribution in [0.4, 0.5) is 4.79 Å². The molecule has 3 rings (SSSR count). The number of aromatic nitrogens is 2. The number of carbonyl (C=O) groups is 2. The van der Waals surface area contributed by atoms with Crippen molar-refractivity contribution in [3.63, 3.8) is 0 Å². The minimum atomic E-state index is -0.935. The van der Waals surface area contributed by atoms with Gasteiger partial charge in [-0.3, -0.25) is 19.5 Å². The Balaban J connectivity index is 2.13. The predicted molar refractivity (Wildman–Crippen MR) is 106 cm³/mol. The lowest BCUT2D eigenvalue weighted by Gasteiger charge is -2.13. The number of rotatable bonds is 4. The molecule has 3 aromatic rings. The molecule has 0 unspecified atom stereocenters. The van der Waals surface area contributed by atoms with Crippen molar-refractivity contribution in [1.82, 2.24) is 14.9 Å². The van der Waals surface area contributed by atoms with Gasteiger partial charge in [-0.15, -0.1) is 0 Å². The Labute approximate surface area is 163 Å². The van der Waals surface area contributed by atoms with Crippen LogP contribution in [0.2, 0.25) is 5.02 Å². The summed E-state index contributed by atoms with van der Waals surface area (Å²) in [5.41, 5.74) is 6.69. The number of hydrogen-bond acceptors (Lipinski definition) is 5. The van der Waals surface area contributed by atoms with Gasteiger partial charge in [-0.05, 0) is 42.8 Å². The summed E-state index contributed by atoms with van der Waals surface area (Å²) in [6.45, 7) is 1.91. The van der Waals surface area contributed by atoms with Crippen LogP contribution in [-0.4, -0.2) is 27.2 Å². The zero-order valence-electron chi connectivity index (χ0n) is 14.2. The molecule has 1 heterocycles. The van der Waals surface area contributed by atoms with E-state index >= 15 is 0 Å². The molecule has 0 radical (unpaired) electrons. The fourth-order valence-electron chi connectivity index (χ4n) is 2.53. The molecule has 138 valence electrons. The van der Waals surface area contributed by atoms with Gasteiger partial charge in [0.2, 0.25) is 5.91 Å². The fraction of sp³-hybridized carbons (Fsp3) is 0.111. The molecule has 0 aliphatic carbocycles. The zero-order valence-corrected chi connectivity index (χ0v) is 15.8. The van der Waals surface area contributed by atoms with Gasteiger partial charge < -0.3 is 5.73 Å². The Morgan fingerprint density at radius 3 is 2.74 bits per heavy atom. The van der Waals surface area contributed by atoms with Crippen molar-refractivity contribution < 1.29 is 9.59 Å². The van der Waals surface area contributed by atoms with Crippen molar-refractivity contribution in [2.75, 3.05) is 5.75 Å². The Hall–Kier alpha value is -2.84. The molecule has 3 N–H and O–H groups in total. The minimum Gasteiger partial charge on any atom is -0.351 e. The van der Waals surface area contributed by atoms with Crippen LogP contribution in [0.25, 0.3) is 16.6 Å². The highest BCUT2D eigenvalue weighted by Gasteiger charge is 2.15. The summed E-state index contributed by atoms with van der Waals surface area (Å²) in [5, 5.41) is 3.15. The number of benzene rings is 2. The summed E-state index contributed by atoms with van der Waals surface area (Å²) in [6.07, 6.45) is 0. The molecule has 1 aromatic heterocycles. The first-order chi connectivity index (χ1) is 12.8. The van der Waals surface area contributed by atoms with Crippen LogP contribution >= 0.6 is 23.4 Å². The van der Waals surface area contributed by atoms with Gasteiger partial charge in [-0.2, -0.15) is 0 Å². The third-order valence-corrected chi connectivity index (χ3v) is 4.83. The van der Waals surface area contributed by atoms with Crippen LogP contribution in [0.1, 0.15) is 5.56 Å². The summed E-state index contributed by atoms with van der Waals surface area (Å²) in [7, 11) is 0. The largest absolute Gasteiger partial charge is 0.351 e. The Morgan fingerprint density at radius 1 is 1.26 bits per heavy atom. The van der Waals surface area contributed by atoms with Crippen LogP contribution in [-0.2, 0) is 4.79 Å². The lowest BCUT2D eigenvalue weighted by Crippen LogP contribution is -2.36. The standard InChI is InChI=1S/C18H15ClN4O3S/c1-10-3-2-4-12(7-10)23-16(25)13-6-5-11(19)8-14(13)21-18(23)27-9-15(24)22-17(20)26/h2-8H,9H2,1H3,(H3,20,22,24,26). The number of thioether (sulfide) groups is 1. The second-order valence-electron chi connectivity index (χ2n) is 5.74. The van der Waals surface area contributed by atoms with Gasteiger partial charge in [0.25, 0.3) is 5.56 Å². The van der Waals surface area contributed by atoms with Crippen LogP contribution in [0.15, 0.2) is 52.4 Å².